The standard InChI is InChI=1S/C21H28N4O5/c22-19(27)17-8-4-5-11-25(17)18(26)14-30-20(28)15-9-12-24(13-10-15)21(29)23-16-6-2-1-3-7-16/h1-3,6-7,15,17H,4-5,8-14H2,(H2,22,27)(H,23,29)/t17-/m0/s1. The topological polar surface area (TPSA) is 122 Å². The van der Waals surface area contributed by atoms with E-state index in [1.54, 1.807) is 4.90 Å². The summed E-state index contributed by atoms with van der Waals surface area (Å²) in [5.74, 6) is -1.73. The van der Waals surface area contributed by atoms with Gasteiger partial charge in [0, 0.05) is 25.3 Å². The zero-order valence-electron chi connectivity index (χ0n) is 16.9. The molecule has 0 bridgehead atoms. The van der Waals surface area contributed by atoms with Gasteiger partial charge in [-0.15, -0.1) is 0 Å². The molecule has 0 aliphatic carbocycles. The third-order valence-corrected chi connectivity index (χ3v) is 5.63. The molecule has 2 aliphatic rings. The highest BCUT2D eigenvalue weighted by Crippen LogP contribution is 2.21. The van der Waals surface area contributed by atoms with Crippen molar-refractivity contribution in [3.8, 4) is 0 Å². The van der Waals surface area contributed by atoms with Gasteiger partial charge in [0.25, 0.3) is 5.91 Å². The van der Waals surface area contributed by atoms with E-state index in [1.807, 2.05) is 30.3 Å². The van der Waals surface area contributed by atoms with E-state index < -0.39 is 30.4 Å². The number of benzene rings is 1. The molecule has 1 aromatic rings. The number of esters is 1. The lowest BCUT2D eigenvalue weighted by molar-refractivity contribution is -0.158. The van der Waals surface area contributed by atoms with Gasteiger partial charge in [-0.25, -0.2) is 4.79 Å². The van der Waals surface area contributed by atoms with Crippen molar-refractivity contribution < 1.29 is 23.9 Å². The number of hydrogen-bond acceptors (Lipinski definition) is 5. The van der Waals surface area contributed by atoms with Crippen LogP contribution >= 0.6 is 0 Å². The second kappa shape index (κ2) is 10.1. The maximum Gasteiger partial charge on any atom is 0.321 e. The van der Waals surface area contributed by atoms with E-state index in [1.165, 1.54) is 4.90 Å². The van der Waals surface area contributed by atoms with Gasteiger partial charge in [0.2, 0.25) is 5.91 Å². The van der Waals surface area contributed by atoms with Gasteiger partial charge in [0.1, 0.15) is 6.04 Å². The van der Waals surface area contributed by atoms with Crippen LogP contribution in [0.4, 0.5) is 10.5 Å². The predicted molar refractivity (Wildman–Crippen MR) is 109 cm³/mol. The van der Waals surface area contributed by atoms with E-state index in [0.717, 1.165) is 18.5 Å². The molecule has 162 valence electrons. The Balaban J connectivity index is 1.42. The summed E-state index contributed by atoms with van der Waals surface area (Å²) in [4.78, 5) is 51.7. The van der Waals surface area contributed by atoms with Crippen molar-refractivity contribution in [2.24, 2.45) is 11.7 Å². The Morgan fingerprint density at radius 3 is 2.37 bits per heavy atom. The maximum absolute atomic E-state index is 12.4. The molecule has 0 spiro atoms. The number of nitrogens with zero attached hydrogens (tertiary/aromatic N) is 2. The Bertz CT molecular complexity index is 777. The monoisotopic (exact) mass is 416 g/mol. The number of para-hydroxylation sites is 1. The summed E-state index contributed by atoms with van der Waals surface area (Å²) in [5.41, 5.74) is 6.09. The van der Waals surface area contributed by atoms with Gasteiger partial charge in [-0.1, -0.05) is 18.2 Å². The average molecular weight is 416 g/mol. The predicted octanol–water partition coefficient (Wildman–Crippen LogP) is 1.34. The van der Waals surface area contributed by atoms with E-state index in [0.29, 0.717) is 38.9 Å². The molecule has 1 aromatic carbocycles. The minimum Gasteiger partial charge on any atom is -0.455 e. The van der Waals surface area contributed by atoms with E-state index in [4.69, 9.17) is 10.5 Å². The molecular formula is C21H28N4O5. The van der Waals surface area contributed by atoms with Gasteiger partial charge in [-0.2, -0.15) is 0 Å². The average Bonchev–Trinajstić information content (AvgIpc) is 2.78. The minimum atomic E-state index is -0.628. The summed E-state index contributed by atoms with van der Waals surface area (Å²) in [7, 11) is 0. The van der Waals surface area contributed by atoms with Crippen molar-refractivity contribution in [1.82, 2.24) is 9.80 Å². The smallest absolute Gasteiger partial charge is 0.321 e. The van der Waals surface area contributed by atoms with Crippen molar-refractivity contribution >= 4 is 29.5 Å². The number of amides is 4. The number of hydrogen-bond donors (Lipinski definition) is 2. The number of nitrogens with two attached hydrogens (primary N) is 1. The number of piperidine rings is 2. The molecule has 9 nitrogen and oxygen atoms in total. The molecule has 4 amide bonds. The fraction of sp³-hybridized carbons (Fsp3) is 0.524. The summed E-state index contributed by atoms with van der Waals surface area (Å²) in [6.45, 7) is 0.917. The molecule has 0 unspecified atom stereocenters. The number of anilines is 1. The number of rotatable bonds is 5. The lowest BCUT2D eigenvalue weighted by Crippen LogP contribution is -2.51. The van der Waals surface area contributed by atoms with Crippen LogP contribution in [-0.4, -0.2) is 65.9 Å². The van der Waals surface area contributed by atoms with Crippen LogP contribution in [0.1, 0.15) is 32.1 Å². The van der Waals surface area contributed by atoms with Crippen molar-refractivity contribution in [2.45, 2.75) is 38.1 Å². The SMILES string of the molecule is NC(=O)[C@@H]1CCCCN1C(=O)COC(=O)C1CCN(C(=O)Nc2ccccc2)CC1. The largest absolute Gasteiger partial charge is 0.455 e. The fourth-order valence-electron chi connectivity index (χ4n) is 3.90. The zero-order chi connectivity index (χ0) is 21.5. The molecular weight excluding hydrogens is 388 g/mol. The number of nitrogens with one attached hydrogen (secondary N) is 1. The zero-order valence-corrected chi connectivity index (χ0v) is 16.9. The lowest BCUT2D eigenvalue weighted by atomic mass is 9.97. The first kappa shape index (κ1) is 21.6. The van der Waals surface area contributed by atoms with Gasteiger partial charge in [0.15, 0.2) is 6.61 Å². The quantitative estimate of drug-likeness (QED) is 0.702. The second-order valence-corrected chi connectivity index (χ2v) is 7.67. The van der Waals surface area contributed by atoms with Gasteiger partial charge < -0.3 is 25.6 Å². The Morgan fingerprint density at radius 2 is 1.70 bits per heavy atom. The van der Waals surface area contributed by atoms with E-state index in [-0.39, 0.29) is 11.9 Å². The number of urea groups is 1. The Hall–Kier alpha value is -3.10. The summed E-state index contributed by atoms with van der Waals surface area (Å²) in [6.07, 6.45) is 3.13. The molecule has 2 aliphatic heterocycles. The van der Waals surface area contributed by atoms with Crippen molar-refractivity contribution in [2.75, 3.05) is 31.6 Å². The van der Waals surface area contributed by atoms with Crippen LogP contribution in [0, 0.1) is 5.92 Å². The highest BCUT2D eigenvalue weighted by atomic mass is 16.5. The van der Waals surface area contributed by atoms with Crippen molar-refractivity contribution in [1.29, 1.82) is 0 Å². The molecule has 1 atom stereocenters. The van der Waals surface area contributed by atoms with Crippen LogP contribution in [0.25, 0.3) is 0 Å². The minimum absolute atomic E-state index is 0.203. The van der Waals surface area contributed by atoms with Crippen LogP contribution in [0.5, 0.6) is 0 Å². The molecule has 2 fully saturated rings. The summed E-state index contributed by atoms with van der Waals surface area (Å²) in [6, 6.07) is 8.34. The first-order valence-corrected chi connectivity index (χ1v) is 10.3. The van der Waals surface area contributed by atoms with Crippen LogP contribution in [-0.2, 0) is 19.1 Å². The second-order valence-electron chi connectivity index (χ2n) is 7.67. The van der Waals surface area contributed by atoms with Crippen LogP contribution in [0.2, 0.25) is 0 Å². The number of likely N-dealkylation sites (tertiary alicyclic amines) is 2. The fourth-order valence-corrected chi connectivity index (χ4v) is 3.90. The highest BCUT2D eigenvalue weighted by Gasteiger charge is 2.32. The number of carbonyl (C=O) groups excluding carboxylic acids is 4. The molecule has 30 heavy (non-hydrogen) atoms. The number of ether oxygens (including phenoxy) is 1. The van der Waals surface area contributed by atoms with Crippen LogP contribution < -0.4 is 11.1 Å². The maximum atomic E-state index is 12.4. The summed E-state index contributed by atoms with van der Waals surface area (Å²) in [5, 5.41) is 2.83. The third kappa shape index (κ3) is 5.49. The van der Waals surface area contributed by atoms with Crippen LogP contribution in [0.3, 0.4) is 0 Å². The first-order chi connectivity index (χ1) is 14.5. The van der Waals surface area contributed by atoms with E-state index in [2.05, 4.69) is 5.32 Å². The number of primary amides is 1. The van der Waals surface area contributed by atoms with Crippen LogP contribution in [0.15, 0.2) is 30.3 Å². The molecule has 9 heteroatoms. The molecule has 0 radical (unpaired) electrons. The van der Waals surface area contributed by atoms with Gasteiger partial charge in [-0.05, 0) is 44.2 Å². The van der Waals surface area contributed by atoms with Gasteiger partial charge >= 0.3 is 12.0 Å². The number of carbonyl (C=O) groups is 4. The Labute approximate surface area is 175 Å². The van der Waals surface area contributed by atoms with Gasteiger partial charge in [-0.3, -0.25) is 14.4 Å². The highest BCUT2D eigenvalue weighted by molar-refractivity contribution is 5.90. The Kier molecular flexibility index (Phi) is 7.26. The van der Waals surface area contributed by atoms with Crippen molar-refractivity contribution in [3.05, 3.63) is 30.3 Å². The molecule has 2 heterocycles. The van der Waals surface area contributed by atoms with E-state index >= 15 is 0 Å². The van der Waals surface area contributed by atoms with Gasteiger partial charge in [0.05, 0.1) is 5.92 Å². The lowest BCUT2D eigenvalue weighted by Gasteiger charge is -2.34. The third-order valence-electron chi connectivity index (χ3n) is 5.63. The van der Waals surface area contributed by atoms with Crippen molar-refractivity contribution in [3.63, 3.8) is 0 Å². The first-order valence-electron chi connectivity index (χ1n) is 10.3. The summed E-state index contributed by atoms with van der Waals surface area (Å²) < 4.78 is 5.21. The summed E-state index contributed by atoms with van der Waals surface area (Å²) >= 11 is 0. The molecule has 0 saturated carbocycles. The molecule has 0 aromatic heterocycles. The van der Waals surface area contributed by atoms with E-state index in [9.17, 15) is 19.2 Å². The molecule has 2 saturated heterocycles. The Morgan fingerprint density at radius 1 is 1.00 bits per heavy atom. The molecule has 3 N–H and O–H groups in total. The molecule has 3 rings (SSSR count). The normalized spacial score (nSPS) is 19.8.